The van der Waals surface area contributed by atoms with Crippen LogP contribution in [0.25, 0.3) is 6.08 Å². The molecule has 0 unspecified atom stereocenters. The van der Waals surface area contributed by atoms with Crippen LogP contribution in [0.15, 0.2) is 77.7 Å². The number of amides is 2. The number of benzene rings is 3. The molecule has 0 aromatic heterocycles. The van der Waals surface area contributed by atoms with E-state index in [1.807, 2.05) is 67.6 Å². The molecule has 1 aliphatic heterocycles. The number of rotatable bonds is 9. The first-order chi connectivity index (χ1) is 16.5. The van der Waals surface area contributed by atoms with Crippen molar-refractivity contribution in [2.24, 2.45) is 0 Å². The number of methoxy groups -OCH3 is 1. The van der Waals surface area contributed by atoms with Crippen LogP contribution in [-0.2, 0) is 11.4 Å². The molecular formula is C27H25NO5S. The molecule has 0 radical (unpaired) electrons. The van der Waals surface area contributed by atoms with Crippen LogP contribution in [0, 0.1) is 6.92 Å². The summed E-state index contributed by atoms with van der Waals surface area (Å²) in [5.74, 6) is 1.53. The van der Waals surface area contributed by atoms with E-state index in [1.54, 1.807) is 25.3 Å². The molecule has 0 aliphatic carbocycles. The largest absolute Gasteiger partial charge is 0.493 e. The average Bonchev–Trinajstić information content (AvgIpc) is 3.12. The maximum Gasteiger partial charge on any atom is 0.293 e. The lowest BCUT2D eigenvalue weighted by molar-refractivity contribution is -0.123. The van der Waals surface area contributed by atoms with E-state index in [2.05, 4.69) is 0 Å². The molecule has 34 heavy (non-hydrogen) atoms. The second-order valence-corrected chi connectivity index (χ2v) is 8.67. The van der Waals surface area contributed by atoms with Crippen molar-refractivity contribution in [3.8, 4) is 17.2 Å². The molecule has 0 spiro atoms. The van der Waals surface area contributed by atoms with Crippen LogP contribution in [0.3, 0.4) is 0 Å². The summed E-state index contributed by atoms with van der Waals surface area (Å²) in [6.07, 6.45) is 1.69. The Bertz CT molecular complexity index is 1190. The maximum atomic E-state index is 12.8. The molecule has 0 saturated carbocycles. The monoisotopic (exact) mass is 475 g/mol. The molecular weight excluding hydrogens is 450 g/mol. The molecule has 3 aromatic rings. The van der Waals surface area contributed by atoms with E-state index in [9.17, 15) is 9.59 Å². The van der Waals surface area contributed by atoms with Crippen molar-refractivity contribution in [1.29, 1.82) is 0 Å². The van der Waals surface area contributed by atoms with Gasteiger partial charge in [-0.3, -0.25) is 14.5 Å². The first-order valence-corrected chi connectivity index (χ1v) is 11.6. The van der Waals surface area contributed by atoms with Crippen molar-refractivity contribution in [2.45, 2.75) is 13.5 Å². The van der Waals surface area contributed by atoms with Crippen molar-refractivity contribution in [1.82, 2.24) is 4.90 Å². The molecule has 1 aliphatic rings. The van der Waals surface area contributed by atoms with Crippen molar-refractivity contribution < 1.29 is 23.8 Å². The molecule has 1 fully saturated rings. The van der Waals surface area contributed by atoms with Gasteiger partial charge in [0.25, 0.3) is 11.1 Å². The molecule has 6 nitrogen and oxygen atoms in total. The third-order valence-corrected chi connectivity index (χ3v) is 6.11. The normalized spacial score (nSPS) is 14.5. The van der Waals surface area contributed by atoms with Gasteiger partial charge in [-0.2, -0.15) is 0 Å². The Hall–Kier alpha value is -3.71. The van der Waals surface area contributed by atoms with Crippen LogP contribution in [0.4, 0.5) is 4.79 Å². The third kappa shape index (κ3) is 5.80. The van der Waals surface area contributed by atoms with Crippen molar-refractivity contribution >= 4 is 29.0 Å². The molecule has 174 valence electrons. The van der Waals surface area contributed by atoms with Gasteiger partial charge in [0.05, 0.1) is 18.6 Å². The lowest BCUT2D eigenvalue weighted by Gasteiger charge is -2.13. The molecule has 2 amide bonds. The van der Waals surface area contributed by atoms with Gasteiger partial charge in [-0.25, -0.2) is 0 Å². The van der Waals surface area contributed by atoms with E-state index in [1.165, 1.54) is 4.90 Å². The zero-order valence-corrected chi connectivity index (χ0v) is 19.8. The quantitative estimate of drug-likeness (QED) is 0.370. The van der Waals surface area contributed by atoms with Gasteiger partial charge in [0.2, 0.25) is 0 Å². The number of nitrogens with zero attached hydrogens (tertiary/aromatic N) is 1. The van der Waals surface area contributed by atoms with Gasteiger partial charge in [-0.15, -0.1) is 0 Å². The molecule has 1 heterocycles. The Kier molecular flexibility index (Phi) is 7.54. The minimum Gasteiger partial charge on any atom is -0.493 e. The van der Waals surface area contributed by atoms with Gasteiger partial charge >= 0.3 is 0 Å². The number of hydrogen-bond donors (Lipinski definition) is 0. The summed E-state index contributed by atoms with van der Waals surface area (Å²) in [6.45, 7) is 2.83. The summed E-state index contributed by atoms with van der Waals surface area (Å²) >= 11 is 0.921. The summed E-state index contributed by atoms with van der Waals surface area (Å²) in [5, 5.41) is -0.307. The number of ether oxygens (including phenoxy) is 3. The van der Waals surface area contributed by atoms with Crippen molar-refractivity contribution in [3.05, 3.63) is 94.4 Å². The van der Waals surface area contributed by atoms with Gasteiger partial charge < -0.3 is 14.2 Å². The fourth-order valence-corrected chi connectivity index (χ4v) is 4.23. The Morgan fingerprint density at radius 2 is 1.68 bits per heavy atom. The van der Waals surface area contributed by atoms with Crippen LogP contribution in [0.1, 0.15) is 16.7 Å². The zero-order valence-electron chi connectivity index (χ0n) is 19.0. The lowest BCUT2D eigenvalue weighted by atomic mass is 10.1. The topological polar surface area (TPSA) is 65.1 Å². The molecule has 7 heteroatoms. The maximum absolute atomic E-state index is 12.8. The van der Waals surface area contributed by atoms with Crippen LogP contribution in [0.2, 0.25) is 0 Å². The minimum atomic E-state index is -0.328. The lowest BCUT2D eigenvalue weighted by Crippen LogP contribution is -2.32. The zero-order chi connectivity index (χ0) is 23.9. The van der Waals surface area contributed by atoms with Gasteiger partial charge in [0, 0.05) is 0 Å². The summed E-state index contributed by atoms with van der Waals surface area (Å²) in [6, 6.07) is 22.9. The van der Waals surface area contributed by atoms with E-state index < -0.39 is 0 Å². The third-order valence-electron chi connectivity index (χ3n) is 5.20. The molecule has 3 aromatic carbocycles. The number of aryl methyl sites for hydroxylation is 1. The van der Waals surface area contributed by atoms with Crippen molar-refractivity contribution in [2.75, 3.05) is 20.3 Å². The predicted octanol–water partition coefficient (Wildman–Crippen LogP) is 5.70. The van der Waals surface area contributed by atoms with Crippen LogP contribution in [-0.4, -0.2) is 36.3 Å². The van der Waals surface area contributed by atoms with Gasteiger partial charge in [-0.1, -0.05) is 54.1 Å². The first kappa shape index (κ1) is 23.4. The minimum absolute atomic E-state index is 0.186. The van der Waals surface area contributed by atoms with Gasteiger partial charge in [0.1, 0.15) is 19.0 Å². The fraction of sp³-hybridized carbons (Fsp3) is 0.185. The summed E-state index contributed by atoms with van der Waals surface area (Å²) < 4.78 is 17.0. The van der Waals surface area contributed by atoms with E-state index in [4.69, 9.17) is 14.2 Å². The highest BCUT2D eigenvalue weighted by molar-refractivity contribution is 8.18. The number of hydrogen-bond acceptors (Lipinski definition) is 6. The van der Waals surface area contributed by atoms with Crippen LogP contribution < -0.4 is 14.2 Å². The van der Waals surface area contributed by atoms with E-state index in [-0.39, 0.29) is 24.3 Å². The second-order valence-electron chi connectivity index (χ2n) is 7.68. The fourth-order valence-electron chi connectivity index (χ4n) is 3.36. The Morgan fingerprint density at radius 3 is 2.41 bits per heavy atom. The SMILES string of the molecule is COc1cc(/C=C2\SC(=O)N(CCOc3ccc(C)cc3)C2=O)ccc1OCc1ccccc1. The smallest absolute Gasteiger partial charge is 0.293 e. The number of carbonyl (C=O) groups excluding carboxylic acids is 2. The van der Waals surface area contributed by atoms with Gasteiger partial charge in [-0.05, 0) is 60.2 Å². The molecule has 0 bridgehead atoms. The van der Waals surface area contributed by atoms with Crippen LogP contribution in [0.5, 0.6) is 17.2 Å². The summed E-state index contributed by atoms with van der Waals surface area (Å²) in [5.41, 5.74) is 2.93. The number of thioether (sulfide) groups is 1. The molecule has 1 saturated heterocycles. The number of carbonyl (C=O) groups is 2. The van der Waals surface area contributed by atoms with E-state index >= 15 is 0 Å². The highest BCUT2D eigenvalue weighted by atomic mass is 32.2. The highest BCUT2D eigenvalue weighted by Gasteiger charge is 2.34. The Labute approximate surface area is 203 Å². The second kappa shape index (κ2) is 10.9. The van der Waals surface area contributed by atoms with Crippen LogP contribution >= 0.6 is 11.8 Å². The molecule has 0 atom stereocenters. The van der Waals surface area contributed by atoms with Crippen molar-refractivity contribution in [3.63, 3.8) is 0 Å². The predicted molar refractivity (Wildman–Crippen MR) is 133 cm³/mol. The Balaban J connectivity index is 1.39. The van der Waals surface area contributed by atoms with E-state index in [0.717, 1.165) is 28.5 Å². The summed E-state index contributed by atoms with van der Waals surface area (Å²) in [7, 11) is 1.57. The Morgan fingerprint density at radius 1 is 0.912 bits per heavy atom. The average molecular weight is 476 g/mol. The molecule has 0 N–H and O–H groups in total. The van der Waals surface area contributed by atoms with Gasteiger partial charge in [0.15, 0.2) is 11.5 Å². The highest BCUT2D eigenvalue weighted by Crippen LogP contribution is 2.34. The standard InChI is InChI=1S/C27H25NO5S/c1-19-8-11-22(12-9-19)32-15-14-28-26(29)25(34-27(28)30)17-21-10-13-23(24(16-21)31-2)33-18-20-6-4-3-5-7-20/h3-13,16-17H,14-15,18H2,1-2H3/b25-17-. The summed E-state index contributed by atoms with van der Waals surface area (Å²) in [4.78, 5) is 26.8. The molecule has 4 rings (SSSR count). The number of imide groups is 1. The van der Waals surface area contributed by atoms with E-state index in [0.29, 0.717) is 28.8 Å². The first-order valence-electron chi connectivity index (χ1n) is 10.8.